The average Bonchev–Trinajstić information content (AvgIpc) is 2.80. The number of carbonyl (C=O) groups is 1. The molecule has 1 heterocycles. The highest BCUT2D eigenvalue weighted by atomic mass is 32.2. The van der Waals surface area contributed by atoms with Gasteiger partial charge in [-0.1, -0.05) is 36.1 Å². The van der Waals surface area contributed by atoms with Gasteiger partial charge in [0.1, 0.15) is 0 Å². The number of nitrogens with zero attached hydrogens (tertiary/aromatic N) is 2. The predicted octanol–water partition coefficient (Wildman–Crippen LogP) is 3.52. The first kappa shape index (κ1) is 14.0. The summed E-state index contributed by atoms with van der Waals surface area (Å²) in [5, 5.41) is 11.3. The third kappa shape index (κ3) is 3.54. The molecule has 0 fully saturated rings. The summed E-state index contributed by atoms with van der Waals surface area (Å²) in [6.07, 6.45) is 0. The maximum absolute atomic E-state index is 12.1. The lowest BCUT2D eigenvalue weighted by Crippen LogP contribution is -2.12. The molecule has 0 saturated heterocycles. The van der Waals surface area contributed by atoms with Gasteiger partial charge in [0.2, 0.25) is 5.13 Å². The lowest BCUT2D eigenvalue weighted by atomic mass is 10.1. The first-order valence-corrected chi connectivity index (χ1v) is 7.75. The molecule has 19 heavy (non-hydrogen) atoms. The number of nitrogens with one attached hydrogen (secondary N) is 1. The standard InChI is InChI=1S/C13H15N3OS2/c1-4-18-13-16-15-12(19-13)14-11(17)10-6-5-8(2)9(3)7-10/h5-7H,4H2,1-3H3,(H,14,15,17). The quantitative estimate of drug-likeness (QED) is 0.692. The van der Waals surface area contributed by atoms with Gasteiger partial charge in [0.05, 0.1) is 0 Å². The van der Waals surface area contributed by atoms with Crippen LogP contribution in [0, 0.1) is 13.8 Å². The van der Waals surface area contributed by atoms with Crippen molar-refractivity contribution in [2.24, 2.45) is 0 Å². The molecule has 1 aromatic carbocycles. The molecule has 0 aliphatic carbocycles. The summed E-state index contributed by atoms with van der Waals surface area (Å²) in [5.74, 6) is 0.798. The molecule has 0 atom stereocenters. The number of amides is 1. The van der Waals surface area contributed by atoms with Crippen molar-refractivity contribution in [3.63, 3.8) is 0 Å². The van der Waals surface area contributed by atoms with Crippen molar-refractivity contribution in [2.45, 2.75) is 25.1 Å². The fraction of sp³-hybridized carbons (Fsp3) is 0.308. The Hall–Kier alpha value is -1.40. The van der Waals surface area contributed by atoms with Crippen LogP contribution in [-0.4, -0.2) is 21.9 Å². The Morgan fingerprint density at radius 2 is 2.11 bits per heavy atom. The molecule has 2 aromatic rings. The summed E-state index contributed by atoms with van der Waals surface area (Å²) in [5.41, 5.74) is 2.92. The highest BCUT2D eigenvalue weighted by Crippen LogP contribution is 2.25. The lowest BCUT2D eigenvalue weighted by molar-refractivity contribution is 0.102. The van der Waals surface area contributed by atoms with Crippen LogP contribution in [-0.2, 0) is 0 Å². The number of benzene rings is 1. The number of carbonyl (C=O) groups excluding carboxylic acids is 1. The van der Waals surface area contributed by atoms with Gasteiger partial charge >= 0.3 is 0 Å². The van der Waals surface area contributed by atoms with Gasteiger partial charge in [0.25, 0.3) is 5.91 Å². The fourth-order valence-electron chi connectivity index (χ4n) is 1.49. The third-order valence-corrected chi connectivity index (χ3v) is 4.52. The van der Waals surface area contributed by atoms with E-state index < -0.39 is 0 Å². The third-order valence-electron chi connectivity index (χ3n) is 2.66. The van der Waals surface area contributed by atoms with E-state index in [2.05, 4.69) is 22.4 Å². The second-order valence-electron chi connectivity index (χ2n) is 4.06. The van der Waals surface area contributed by atoms with Gasteiger partial charge in [-0.2, -0.15) is 0 Å². The molecule has 0 radical (unpaired) electrons. The fourth-order valence-corrected chi connectivity index (χ4v) is 3.14. The SMILES string of the molecule is CCSc1nnc(NC(=O)c2ccc(C)c(C)c2)s1. The van der Waals surface area contributed by atoms with Gasteiger partial charge in [-0.15, -0.1) is 10.2 Å². The van der Waals surface area contributed by atoms with E-state index in [1.165, 1.54) is 16.9 Å². The molecule has 4 nitrogen and oxygen atoms in total. The van der Waals surface area contributed by atoms with Crippen LogP contribution in [0.1, 0.15) is 28.4 Å². The Labute approximate surface area is 120 Å². The maximum atomic E-state index is 12.1. The van der Waals surface area contributed by atoms with Gasteiger partial charge in [-0.3, -0.25) is 10.1 Å². The molecule has 0 unspecified atom stereocenters. The molecule has 2 rings (SSSR count). The first-order chi connectivity index (χ1) is 9.10. The number of aromatic nitrogens is 2. The Balaban J connectivity index is 2.09. The normalized spacial score (nSPS) is 10.5. The Morgan fingerprint density at radius 1 is 1.32 bits per heavy atom. The number of hydrogen-bond acceptors (Lipinski definition) is 5. The van der Waals surface area contributed by atoms with Gasteiger partial charge in [-0.25, -0.2) is 0 Å². The highest BCUT2D eigenvalue weighted by Gasteiger charge is 2.10. The van der Waals surface area contributed by atoms with E-state index in [9.17, 15) is 4.79 Å². The van der Waals surface area contributed by atoms with E-state index in [1.54, 1.807) is 11.8 Å². The smallest absolute Gasteiger partial charge is 0.257 e. The molecular formula is C13H15N3OS2. The van der Waals surface area contributed by atoms with Crippen molar-refractivity contribution in [1.29, 1.82) is 0 Å². The van der Waals surface area contributed by atoms with E-state index in [-0.39, 0.29) is 5.91 Å². The number of aryl methyl sites for hydroxylation is 2. The van der Waals surface area contributed by atoms with E-state index >= 15 is 0 Å². The first-order valence-electron chi connectivity index (χ1n) is 5.95. The van der Waals surface area contributed by atoms with Crippen molar-refractivity contribution < 1.29 is 4.79 Å². The summed E-state index contributed by atoms with van der Waals surface area (Å²) >= 11 is 3.01. The van der Waals surface area contributed by atoms with Gasteiger partial charge in [0.15, 0.2) is 4.34 Å². The van der Waals surface area contributed by atoms with E-state index in [4.69, 9.17) is 0 Å². The minimum atomic E-state index is -0.146. The summed E-state index contributed by atoms with van der Waals surface area (Å²) < 4.78 is 0.873. The zero-order valence-corrected chi connectivity index (χ0v) is 12.7. The summed E-state index contributed by atoms with van der Waals surface area (Å²) in [6, 6.07) is 5.65. The zero-order valence-electron chi connectivity index (χ0n) is 11.1. The molecule has 1 aromatic heterocycles. The zero-order chi connectivity index (χ0) is 13.8. The van der Waals surface area contributed by atoms with Crippen LogP contribution in [0.4, 0.5) is 5.13 Å². The molecule has 100 valence electrons. The predicted molar refractivity (Wildman–Crippen MR) is 80.2 cm³/mol. The number of anilines is 1. The number of thioether (sulfide) groups is 1. The minimum Gasteiger partial charge on any atom is -0.296 e. The van der Waals surface area contributed by atoms with Crippen molar-refractivity contribution in [3.05, 3.63) is 34.9 Å². The van der Waals surface area contributed by atoms with E-state index in [1.807, 2.05) is 32.0 Å². The van der Waals surface area contributed by atoms with Crippen LogP contribution in [0.3, 0.4) is 0 Å². The van der Waals surface area contributed by atoms with Crippen molar-refractivity contribution in [3.8, 4) is 0 Å². The van der Waals surface area contributed by atoms with Crippen LogP contribution < -0.4 is 5.32 Å². The van der Waals surface area contributed by atoms with Gasteiger partial charge in [-0.05, 0) is 42.9 Å². The highest BCUT2D eigenvalue weighted by molar-refractivity contribution is 8.01. The number of rotatable bonds is 4. The molecule has 0 bridgehead atoms. The van der Waals surface area contributed by atoms with Crippen molar-refractivity contribution in [1.82, 2.24) is 10.2 Å². The molecule has 1 N–H and O–H groups in total. The molecule has 0 aliphatic rings. The average molecular weight is 293 g/mol. The second kappa shape index (κ2) is 6.16. The summed E-state index contributed by atoms with van der Waals surface area (Å²) in [4.78, 5) is 12.1. The lowest BCUT2D eigenvalue weighted by Gasteiger charge is -2.04. The minimum absolute atomic E-state index is 0.146. The van der Waals surface area contributed by atoms with Crippen LogP contribution in [0.2, 0.25) is 0 Å². The van der Waals surface area contributed by atoms with Gasteiger partial charge in [0, 0.05) is 5.56 Å². The summed E-state index contributed by atoms with van der Waals surface area (Å²) in [7, 11) is 0. The van der Waals surface area contributed by atoms with Crippen molar-refractivity contribution >= 4 is 34.1 Å². The van der Waals surface area contributed by atoms with Gasteiger partial charge < -0.3 is 0 Å². The topological polar surface area (TPSA) is 54.9 Å². The monoisotopic (exact) mass is 293 g/mol. The molecule has 6 heteroatoms. The largest absolute Gasteiger partial charge is 0.296 e. The van der Waals surface area contributed by atoms with Crippen LogP contribution >= 0.6 is 23.1 Å². The van der Waals surface area contributed by atoms with Crippen LogP contribution in [0.5, 0.6) is 0 Å². The van der Waals surface area contributed by atoms with Crippen LogP contribution in [0.25, 0.3) is 0 Å². The molecule has 0 spiro atoms. The van der Waals surface area contributed by atoms with Crippen molar-refractivity contribution in [2.75, 3.05) is 11.1 Å². The van der Waals surface area contributed by atoms with E-state index in [0.29, 0.717) is 10.7 Å². The maximum Gasteiger partial charge on any atom is 0.257 e. The van der Waals surface area contributed by atoms with Crippen LogP contribution in [0.15, 0.2) is 22.5 Å². The Morgan fingerprint density at radius 3 is 2.79 bits per heavy atom. The molecule has 0 saturated carbocycles. The molecule has 0 aliphatic heterocycles. The Kier molecular flexibility index (Phi) is 4.55. The molecule has 1 amide bonds. The molecular weight excluding hydrogens is 278 g/mol. The number of hydrogen-bond donors (Lipinski definition) is 1. The summed E-state index contributed by atoms with van der Waals surface area (Å²) in [6.45, 7) is 6.07. The Bertz CT molecular complexity index is 595. The van der Waals surface area contributed by atoms with E-state index in [0.717, 1.165) is 15.7 Å². The second-order valence-corrected chi connectivity index (χ2v) is 6.55.